The lowest BCUT2D eigenvalue weighted by Crippen LogP contribution is -2.50. The van der Waals surface area contributed by atoms with Gasteiger partial charge in [-0.25, -0.2) is 58.1 Å². The van der Waals surface area contributed by atoms with Gasteiger partial charge in [0, 0.05) is 24.3 Å². The smallest absolute Gasteiger partial charge is 0.408 e. The molecule has 0 spiro atoms. The molecule has 6 saturated heterocycles. The number of aromatic nitrogens is 16. The Bertz CT molecular complexity index is 5690. The number of rotatable bonds is 15. The van der Waals surface area contributed by atoms with Crippen molar-refractivity contribution >= 4 is 128 Å². The monoisotopic (exact) mass is 1880 g/mol. The van der Waals surface area contributed by atoms with Gasteiger partial charge in [0.05, 0.1) is 83.0 Å². The van der Waals surface area contributed by atoms with Gasteiger partial charge in [-0.15, -0.1) is 0 Å². The number of amides is 2. The average molecular weight is 1880 g/mol. The largest absolute Gasteiger partial charge is 0.475 e. The van der Waals surface area contributed by atoms with Crippen molar-refractivity contribution in [3.8, 4) is 6.07 Å². The van der Waals surface area contributed by atoms with Crippen molar-refractivity contribution < 1.29 is 111 Å². The molecule has 0 aliphatic carbocycles. The molecule has 8 bridgehead atoms. The highest BCUT2D eigenvalue weighted by molar-refractivity contribution is 7.48. The molecule has 126 heavy (non-hydrogen) atoms. The number of anilines is 4. The van der Waals surface area contributed by atoms with Crippen molar-refractivity contribution in [2.45, 2.75) is 197 Å². The van der Waals surface area contributed by atoms with E-state index in [1.165, 1.54) is 77.4 Å². The first kappa shape index (κ1) is 99.7. The fraction of sp³-hybridized carbons (Fsp3) is 0.580. The molecular formula is C69H107N25O26P4Si2. The van der Waals surface area contributed by atoms with Gasteiger partial charge in [0.1, 0.15) is 67.0 Å². The van der Waals surface area contributed by atoms with Crippen LogP contribution in [0, 0.1) is 17.2 Å². The molecule has 18 atom stereocenters. The Hall–Kier alpha value is -8.48. The Balaban J connectivity index is 0.000000255. The van der Waals surface area contributed by atoms with E-state index in [0.29, 0.717) is 5.56 Å². The van der Waals surface area contributed by atoms with Crippen molar-refractivity contribution in [3.05, 3.63) is 94.6 Å². The molecule has 51 nitrogen and oxygen atoms in total. The number of phosphoric acid groups is 4. The standard InChI is InChI=1S/C40H51N11O14P2Si.C26H38N10O12P2Si.3CH5N.H3N/c1-22(2)34(52)48-39-47-33-28(36(54)49-39)45-21-51(33)38-30-29(65-68(6,7)40(3,4)5)26(62-38)18-59-66(55,56)63-25-16-24(17-60-67(57,64-30)58-15-11-14-41)61-37(25)50-20-44-27-31(42-19-43-32(27)50)46-35(53)23-12-9-8-10-13-23;1-26(2,3)51(4,5)48-17-14-8-43-49(38,39)46-13-6-12(44-23(13)35-10-31-15-19(27)29-9-30-20(15)35)7-42-50(40,41)47-18(17)24(45-14)36-11-32-16-21(36)33-25(28)34-22(16)37;3*1-2;/h8-10,12-13,19-22,24-26,29-30,37-38H,11,15-18H2,1-7H3,(H,55,56)(H,42,43,46,53)(H2,47,48,49,52,54);9-14,17-18,23-24H,6-8H2,1-5H3,(H,38,39)(H,40,41)(H2,27,29,30)(H3,28,33,34,37);3*2H2,1H3;1H3/t24-,25+,26+,29+,30+,37+,38+,67?;12-,13+,14+,17+,18+,23+,24+;;;;/m00..../s1. The lowest BCUT2D eigenvalue weighted by atomic mass is 10.1. The topological polar surface area (TPSA) is 729 Å². The van der Waals surface area contributed by atoms with Crippen molar-refractivity contribution in [3.63, 3.8) is 0 Å². The average Bonchev–Trinajstić information content (AvgIpc) is 1.60. The minimum atomic E-state index is -5.05. The van der Waals surface area contributed by atoms with Crippen LogP contribution in [-0.4, -0.2) is 236 Å². The van der Waals surface area contributed by atoms with E-state index in [1.54, 1.807) is 44.2 Å². The van der Waals surface area contributed by atoms with Gasteiger partial charge in [-0.2, -0.15) is 15.2 Å². The molecule has 0 radical (unpaired) electrons. The van der Waals surface area contributed by atoms with Crippen LogP contribution < -0.4 is 56.6 Å². The molecule has 20 N–H and O–H groups in total. The maximum Gasteiger partial charge on any atom is 0.475 e. The first-order chi connectivity index (χ1) is 59.0. The molecule has 6 aliphatic rings. The Morgan fingerprint density at radius 1 is 0.571 bits per heavy atom. The first-order valence-corrected chi connectivity index (χ1v) is 50.8. The van der Waals surface area contributed by atoms with E-state index in [4.69, 9.17) is 80.0 Å². The number of imidazole rings is 4. The third kappa shape index (κ3) is 22.2. The summed E-state index contributed by atoms with van der Waals surface area (Å²) >= 11 is 0. The zero-order valence-electron chi connectivity index (χ0n) is 71.5. The molecule has 6 fully saturated rings. The number of nitrogen functional groups attached to an aromatic ring is 2. The van der Waals surface area contributed by atoms with Crippen molar-refractivity contribution in [2.75, 3.05) is 76.3 Å². The van der Waals surface area contributed by atoms with Crippen LogP contribution in [0.5, 0.6) is 0 Å². The van der Waals surface area contributed by atoms with Gasteiger partial charge in [0.2, 0.25) is 17.8 Å². The number of ether oxygens (including phenoxy) is 4. The zero-order chi connectivity index (χ0) is 91.4. The van der Waals surface area contributed by atoms with E-state index >= 15 is 4.57 Å². The summed E-state index contributed by atoms with van der Waals surface area (Å²) in [6, 6.07) is 10.4. The van der Waals surface area contributed by atoms with Crippen LogP contribution in [0.15, 0.2) is 77.9 Å². The molecular weight excluding hydrogens is 1770 g/mol. The highest BCUT2D eigenvalue weighted by Crippen LogP contribution is 2.59. The van der Waals surface area contributed by atoms with Crippen LogP contribution in [0.1, 0.15) is 110 Å². The summed E-state index contributed by atoms with van der Waals surface area (Å²) < 4.78 is 153. The van der Waals surface area contributed by atoms with Gasteiger partial charge < -0.3 is 82.6 Å². The number of aromatic amines is 2. The SMILES string of the molecule is CC(C)(C)[Si](C)(C)O[C@H]1[C@H]2OP(=O)(O)OC[C@@H]3C[C@@H](OP(=O)(O)OC[C@H]1O[C@H]2n1cnc2c(=O)[nH]c(N)nc21)[C@H](n1cnc2c(N)ncnc21)O3.CC(C)C(=O)Nc1nc2c(ncn2[C@@H]2O[C@@H]3COP(=O)(O)O[C@@H]4C[C@@H](COP(=O)(OCCC#N)O[C@@H]2[C@@H]3O[Si](C)(C)C(C)(C)C)O[C@H]4n2cnc3c(NC(=O)c4ccccc4)ncnc32)c(=O)[nH]1.CN.CN.CN.N. The van der Waals surface area contributed by atoms with Gasteiger partial charge in [-0.1, -0.05) is 73.6 Å². The normalized spacial score (nSPS) is 29.0. The molecule has 9 aromatic rings. The van der Waals surface area contributed by atoms with Gasteiger partial charge in [0.25, 0.3) is 17.0 Å². The number of nitrogens with zero attached hydrogens (tertiary/aromatic N) is 15. The van der Waals surface area contributed by atoms with Crippen LogP contribution in [0.3, 0.4) is 0 Å². The Morgan fingerprint density at radius 2 is 1.02 bits per heavy atom. The molecule has 4 unspecified atom stereocenters. The van der Waals surface area contributed by atoms with Gasteiger partial charge in [-0.3, -0.25) is 93.4 Å². The quantitative estimate of drug-likeness (QED) is 0.0321. The van der Waals surface area contributed by atoms with E-state index < -0.39 is 201 Å². The summed E-state index contributed by atoms with van der Waals surface area (Å²) in [5, 5.41) is 13.9. The van der Waals surface area contributed by atoms with E-state index in [-0.39, 0.29) is 98.6 Å². The van der Waals surface area contributed by atoms with Gasteiger partial charge in [0.15, 0.2) is 92.3 Å². The third-order valence-electron chi connectivity index (χ3n) is 21.2. The molecule has 15 rings (SSSR count). The van der Waals surface area contributed by atoms with Crippen LogP contribution in [0.2, 0.25) is 36.3 Å². The van der Waals surface area contributed by atoms with Crippen LogP contribution >= 0.6 is 31.3 Å². The third-order valence-corrected chi connectivity index (χ3v) is 34.7. The number of fused-ring (bicyclic) bond motifs is 12. The number of benzene rings is 1. The van der Waals surface area contributed by atoms with E-state index in [1.807, 2.05) is 73.8 Å². The predicted molar refractivity (Wildman–Crippen MR) is 455 cm³/mol. The maximum absolute atomic E-state index is 15.1. The molecule has 6 aliphatic heterocycles. The van der Waals surface area contributed by atoms with Crippen LogP contribution in [-0.2, 0) is 91.6 Å². The van der Waals surface area contributed by atoms with Gasteiger partial charge in [-0.05, 0) is 69.5 Å². The van der Waals surface area contributed by atoms with Crippen LogP contribution in [0.25, 0.3) is 44.7 Å². The minimum absolute atomic E-state index is 0. The fourth-order valence-corrected chi connectivity index (χ4v) is 20.1. The van der Waals surface area contributed by atoms with E-state index in [2.05, 4.69) is 87.6 Å². The molecule has 2 amide bonds. The lowest BCUT2D eigenvalue weighted by Gasteiger charge is -2.40. The number of phosphoric ester groups is 4. The Morgan fingerprint density at radius 3 is 1.52 bits per heavy atom. The van der Waals surface area contributed by atoms with Gasteiger partial charge >= 0.3 is 31.3 Å². The Labute approximate surface area is 722 Å². The van der Waals surface area contributed by atoms with Crippen molar-refractivity contribution in [1.29, 1.82) is 5.26 Å². The summed E-state index contributed by atoms with van der Waals surface area (Å²) in [4.78, 5) is 133. The molecule has 8 aromatic heterocycles. The van der Waals surface area contributed by atoms with Crippen LogP contribution in [0.4, 0.5) is 23.5 Å². The molecule has 14 heterocycles. The highest BCUT2D eigenvalue weighted by atomic mass is 31.2. The number of hydrogen-bond acceptors (Lipinski definition) is 40. The first-order valence-electron chi connectivity index (χ1n) is 39.1. The molecule has 1 aromatic carbocycles. The molecule has 57 heteroatoms. The summed E-state index contributed by atoms with van der Waals surface area (Å²) in [5.41, 5.74) is 24.7. The predicted octanol–water partition coefficient (Wildman–Crippen LogP) is 5.94. The van der Waals surface area contributed by atoms with E-state index in [9.17, 15) is 52.8 Å². The molecule has 692 valence electrons. The number of nitriles is 1. The number of hydrogen-bond donors (Lipinski definition) is 13. The summed E-state index contributed by atoms with van der Waals surface area (Å²) in [7, 11) is -20.8. The minimum Gasteiger partial charge on any atom is -0.408 e. The lowest BCUT2D eigenvalue weighted by molar-refractivity contribution is -0.119. The van der Waals surface area contributed by atoms with E-state index in [0.717, 1.165) is 0 Å². The molecule has 0 saturated carbocycles. The number of nitrogens with one attached hydrogen (secondary N) is 4. The second-order valence-electron chi connectivity index (χ2n) is 31.9. The summed E-state index contributed by atoms with van der Waals surface area (Å²) in [6.45, 7) is 20.2. The number of carbonyl (C=O) groups is 2. The second-order valence-corrected chi connectivity index (χ2v) is 47.2. The second kappa shape index (κ2) is 40.3. The summed E-state index contributed by atoms with van der Waals surface area (Å²) in [6.07, 6.45) is -10.3. The zero-order valence-corrected chi connectivity index (χ0v) is 77.1. The fourth-order valence-electron chi connectivity index (χ4n) is 13.2. The highest BCUT2D eigenvalue weighted by Gasteiger charge is 2.59. The summed E-state index contributed by atoms with van der Waals surface area (Å²) in [5.74, 6) is -1.61. The van der Waals surface area contributed by atoms with Crippen molar-refractivity contribution in [2.24, 2.45) is 23.1 Å². The number of nitrogens with two attached hydrogens (primary N) is 5. The number of carbonyl (C=O) groups excluding carboxylic acids is 2. The Kier molecular flexibility index (Phi) is 31.9. The maximum atomic E-state index is 15.1. The number of H-pyrrole nitrogens is 2. The van der Waals surface area contributed by atoms with Crippen molar-refractivity contribution in [1.82, 2.24) is 84.2 Å².